The number of imide groups is 1. The molecule has 3 aromatic rings. The lowest BCUT2D eigenvalue weighted by Crippen LogP contribution is -2.32. The molecule has 0 aromatic heterocycles. The normalized spacial score (nSPS) is 12.8. The smallest absolute Gasteiger partial charge is 0.324 e. The van der Waals surface area contributed by atoms with E-state index in [0.29, 0.717) is 15.0 Å². The molecule has 0 spiro atoms. The molecule has 1 heterocycles. The van der Waals surface area contributed by atoms with Gasteiger partial charge in [0.25, 0.3) is 11.8 Å². The first-order valence-corrected chi connectivity index (χ1v) is 9.95. The predicted octanol–water partition coefficient (Wildman–Crippen LogP) is 5.51. The average Bonchev–Trinajstić information content (AvgIpc) is 2.95. The topological polar surface area (TPSA) is 63.7 Å². The average molecular weight is 444 g/mol. The predicted molar refractivity (Wildman–Crippen MR) is 109 cm³/mol. The summed E-state index contributed by atoms with van der Waals surface area (Å²) in [7, 11) is 0. The molecule has 144 valence electrons. The van der Waals surface area contributed by atoms with E-state index in [0.717, 1.165) is 4.90 Å². The summed E-state index contributed by atoms with van der Waals surface area (Å²) in [5.74, 6) is -2.29. The van der Waals surface area contributed by atoms with E-state index in [1.807, 2.05) is 0 Å². The zero-order valence-corrected chi connectivity index (χ0v) is 16.9. The van der Waals surface area contributed by atoms with Crippen LogP contribution in [0.15, 0.2) is 76.5 Å². The molecule has 4 rings (SSSR count). The molecule has 29 heavy (non-hydrogen) atoms. The minimum Gasteiger partial charge on any atom is -0.324 e. The Morgan fingerprint density at radius 2 is 1.45 bits per heavy atom. The van der Waals surface area contributed by atoms with E-state index in [1.165, 1.54) is 30.0 Å². The van der Waals surface area contributed by atoms with Crippen LogP contribution in [0.4, 0.5) is 0 Å². The second-order valence-corrected chi connectivity index (χ2v) is 7.96. The molecule has 0 N–H and O–H groups in total. The first kappa shape index (κ1) is 19.5. The third-order valence-electron chi connectivity index (χ3n) is 4.15. The van der Waals surface area contributed by atoms with E-state index in [1.54, 1.807) is 48.5 Å². The lowest BCUT2D eigenvalue weighted by molar-refractivity contribution is -0.0586. The van der Waals surface area contributed by atoms with E-state index in [2.05, 4.69) is 0 Å². The minimum absolute atomic E-state index is 0.0608. The van der Waals surface area contributed by atoms with Crippen LogP contribution in [-0.4, -0.2) is 22.8 Å². The summed E-state index contributed by atoms with van der Waals surface area (Å²) in [6, 6.07) is 18.2. The molecule has 0 saturated heterocycles. The van der Waals surface area contributed by atoms with Crippen molar-refractivity contribution in [1.82, 2.24) is 5.06 Å². The Morgan fingerprint density at radius 1 is 0.828 bits per heavy atom. The summed E-state index contributed by atoms with van der Waals surface area (Å²) in [6.45, 7) is 0. The van der Waals surface area contributed by atoms with Crippen LogP contribution >= 0.6 is 35.0 Å². The molecule has 0 aliphatic carbocycles. The number of nitrogens with zero attached hydrogens (tertiary/aromatic N) is 1. The van der Waals surface area contributed by atoms with Crippen LogP contribution in [0.25, 0.3) is 0 Å². The van der Waals surface area contributed by atoms with Gasteiger partial charge in [-0.3, -0.25) is 9.59 Å². The first-order valence-electron chi connectivity index (χ1n) is 8.38. The fraction of sp³-hybridized carbons (Fsp3) is 0. The highest BCUT2D eigenvalue weighted by Gasteiger charge is 2.39. The Morgan fingerprint density at radius 3 is 2.07 bits per heavy atom. The van der Waals surface area contributed by atoms with Gasteiger partial charge >= 0.3 is 5.97 Å². The van der Waals surface area contributed by atoms with E-state index < -0.39 is 17.8 Å². The molecular formula is C21H11Cl2NO4S. The largest absolute Gasteiger partial charge is 0.366 e. The van der Waals surface area contributed by atoms with Gasteiger partial charge in [-0.1, -0.05) is 58.2 Å². The molecule has 2 amide bonds. The summed E-state index contributed by atoms with van der Waals surface area (Å²) < 4.78 is 0. The zero-order chi connectivity index (χ0) is 20.5. The Hall–Kier alpha value is -2.80. The van der Waals surface area contributed by atoms with Crippen LogP contribution in [0.2, 0.25) is 10.0 Å². The van der Waals surface area contributed by atoms with Crippen LogP contribution in [0.1, 0.15) is 31.1 Å². The second-order valence-electron chi connectivity index (χ2n) is 6.00. The van der Waals surface area contributed by atoms with Gasteiger partial charge in [-0.2, -0.15) is 0 Å². The van der Waals surface area contributed by atoms with Crippen molar-refractivity contribution in [2.45, 2.75) is 9.79 Å². The van der Waals surface area contributed by atoms with Crippen molar-refractivity contribution in [2.24, 2.45) is 0 Å². The maximum Gasteiger partial charge on any atom is 0.366 e. The third-order valence-corrected chi connectivity index (χ3v) is 5.79. The van der Waals surface area contributed by atoms with Crippen LogP contribution in [0.3, 0.4) is 0 Å². The van der Waals surface area contributed by atoms with Gasteiger partial charge in [-0.25, -0.2) is 4.79 Å². The molecule has 0 atom stereocenters. The van der Waals surface area contributed by atoms with Gasteiger partial charge < -0.3 is 4.84 Å². The number of benzene rings is 3. The number of hydrogen-bond donors (Lipinski definition) is 0. The number of hydrogen-bond acceptors (Lipinski definition) is 5. The quantitative estimate of drug-likeness (QED) is 0.497. The lowest BCUT2D eigenvalue weighted by atomic mass is 10.1. The fourth-order valence-electron chi connectivity index (χ4n) is 2.80. The van der Waals surface area contributed by atoms with Crippen LogP contribution in [0, 0.1) is 0 Å². The maximum atomic E-state index is 12.8. The van der Waals surface area contributed by atoms with Gasteiger partial charge in [0, 0.05) is 14.8 Å². The Labute approximate surface area is 180 Å². The first-order chi connectivity index (χ1) is 14.0. The minimum atomic E-state index is -0.901. The third kappa shape index (κ3) is 3.74. The second kappa shape index (κ2) is 7.91. The summed E-state index contributed by atoms with van der Waals surface area (Å²) in [5, 5.41) is 1.20. The summed E-state index contributed by atoms with van der Waals surface area (Å²) >= 11 is 13.4. The SMILES string of the molecule is O=C(ON1C(=O)c2ccccc2C1=O)c1c(Cl)cccc1Sc1ccc(Cl)cc1. The van der Waals surface area contributed by atoms with Crippen molar-refractivity contribution >= 4 is 52.7 Å². The molecule has 0 unspecified atom stereocenters. The number of amides is 2. The Kier molecular flexibility index (Phi) is 5.32. The van der Waals surface area contributed by atoms with E-state index in [9.17, 15) is 14.4 Å². The van der Waals surface area contributed by atoms with Crippen molar-refractivity contribution in [2.75, 3.05) is 0 Å². The van der Waals surface area contributed by atoms with Crippen molar-refractivity contribution in [3.8, 4) is 0 Å². The molecular weight excluding hydrogens is 433 g/mol. The van der Waals surface area contributed by atoms with Gasteiger partial charge in [-0.15, -0.1) is 0 Å². The maximum absolute atomic E-state index is 12.8. The monoisotopic (exact) mass is 443 g/mol. The van der Waals surface area contributed by atoms with Crippen LogP contribution < -0.4 is 0 Å². The lowest BCUT2D eigenvalue weighted by Gasteiger charge is -2.15. The van der Waals surface area contributed by atoms with E-state index in [4.69, 9.17) is 28.0 Å². The Balaban J connectivity index is 1.62. The fourth-order valence-corrected chi connectivity index (χ4v) is 4.20. The van der Waals surface area contributed by atoms with E-state index >= 15 is 0 Å². The molecule has 0 bridgehead atoms. The highest BCUT2D eigenvalue weighted by Crippen LogP contribution is 2.35. The summed E-state index contributed by atoms with van der Waals surface area (Å²) in [5.41, 5.74) is 0.422. The molecule has 0 radical (unpaired) electrons. The number of halogens is 2. The standard InChI is InChI=1S/C21H11Cl2NO4S/c22-12-8-10-13(11-9-12)29-17-7-3-6-16(23)18(17)21(27)28-24-19(25)14-4-1-2-5-15(14)20(24)26/h1-11H. The van der Waals surface area contributed by atoms with Gasteiger partial charge in [0.1, 0.15) is 0 Å². The van der Waals surface area contributed by atoms with Gasteiger partial charge in [-0.05, 0) is 48.5 Å². The van der Waals surface area contributed by atoms with Crippen molar-refractivity contribution in [3.05, 3.63) is 93.5 Å². The summed E-state index contributed by atoms with van der Waals surface area (Å²) in [6.07, 6.45) is 0. The molecule has 3 aromatic carbocycles. The van der Waals surface area contributed by atoms with E-state index in [-0.39, 0.29) is 21.7 Å². The number of carbonyl (C=O) groups is 3. The molecule has 8 heteroatoms. The Bertz CT molecular complexity index is 1110. The number of hydroxylamine groups is 2. The number of rotatable bonds is 4. The van der Waals surface area contributed by atoms with Crippen molar-refractivity contribution in [3.63, 3.8) is 0 Å². The van der Waals surface area contributed by atoms with Crippen LogP contribution in [-0.2, 0) is 4.84 Å². The number of carbonyl (C=O) groups excluding carboxylic acids is 3. The van der Waals surface area contributed by atoms with Gasteiger partial charge in [0.05, 0.1) is 21.7 Å². The number of fused-ring (bicyclic) bond motifs is 1. The summed E-state index contributed by atoms with van der Waals surface area (Å²) in [4.78, 5) is 44.2. The molecule has 1 aliphatic heterocycles. The highest BCUT2D eigenvalue weighted by atomic mass is 35.5. The zero-order valence-electron chi connectivity index (χ0n) is 14.6. The highest BCUT2D eigenvalue weighted by molar-refractivity contribution is 7.99. The van der Waals surface area contributed by atoms with Crippen molar-refractivity contribution < 1.29 is 19.2 Å². The molecule has 0 fully saturated rings. The van der Waals surface area contributed by atoms with Crippen molar-refractivity contribution in [1.29, 1.82) is 0 Å². The van der Waals surface area contributed by atoms with Crippen LogP contribution in [0.5, 0.6) is 0 Å². The van der Waals surface area contributed by atoms with Gasteiger partial charge in [0.15, 0.2) is 0 Å². The molecule has 5 nitrogen and oxygen atoms in total. The van der Waals surface area contributed by atoms with Gasteiger partial charge in [0.2, 0.25) is 0 Å². The molecule has 0 saturated carbocycles. The molecule has 1 aliphatic rings.